The van der Waals surface area contributed by atoms with Crippen molar-refractivity contribution in [1.29, 1.82) is 10.7 Å². The highest BCUT2D eigenvalue weighted by atomic mass is 16.4. The van der Waals surface area contributed by atoms with Crippen LogP contribution in [-0.2, 0) is 0 Å². The highest BCUT2D eigenvalue weighted by molar-refractivity contribution is 6.00. The first kappa shape index (κ1) is 6.38. The molecule has 0 aromatic heterocycles. The molecule has 0 atom stereocenters. The number of hydrogen-bond acceptors (Lipinski definition) is 4. The maximum absolute atomic E-state index is 7.95. The van der Waals surface area contributed by atoms with Gasteiger partial charge < -0.3 is 5.21 Å². The van der Waals surface area contributed by atoms with Gasteiger partial charge >= 0.3 is 6.54 Å². The molecule has 0 spiro atoms. The number of oxime groups is 1. The number of diazo groups is 1. The lowest BCUT2D eigenvalue weighted by atomic mass is 10.4. The maximum atomic E-state index is 7.95. The van der Waals surface area contributed by atoms with Crippen LogP contribution in [0.3, 0.4) is 0 Å². The lowest BCUT2D eigenvalue weighted by Gasteiger charge is -1.69. The van der Waals surface area contributed by atoms with Gasteiger partial charge in [-0.2, -0.15) is 5.26 Å². The molecule has 0 fully saturated rings. The molecular formula is C3H3N4O+. The van der Waals surface area contributed by atoms with Crippen LogP contribution < -0.4 is 0 Å². The summed E-state index contributed by atoms with van der Waals surface area (Å²) in [6, 6.07) is 1.50. The molecule has 0 aliphatic rings. The molecule has 5 heteroatoms. The fraction of sp³-hybridized carbons (Fsp3) is 0.333. The molecule has 40 valence electrons. The molecule has 0 aliphatic carbocycles. The Balaban J connectivity index is 3.83. The average molecular weight is 111 g/mol. The highest BCUT2D eigenvalue weighted by Gasteiger charge is 2.03. The van der Waals surface area contributed by atoms with Crippen LogP contribution in [0.25, 0.3) is 4.98 Å². The molecular weight excluding hydrogens is 108 g/mol. The number of nitriles is 1. The van der Waals surface area contributed by atoms with Gasteiger partial charge in [0.05, 0.1) is 0 Å². The maximum Gasteiger partial charge on any atom is 0.360 e. The molecule has 0 unspecified atom stereocenters. The molecule has 5 nitrogen and oxygen atoms in total. The predicted molar refractivity (Wildman–Crippen MR) is 24.8 cm³/mol. The molecule has 0 saturated carbocycles. The van der Waals surface area contributed by atoms with Crippen LogP contribution in [0.2, 0.25) is 0 Å². The van der Waals surface area contributed by atoms with Crippen LogP contribution in [0.15, 0.2) is 5.16 Å². The van der Waals surface area contributed by atoms with Crippen LogP contribution >= 0.6 is 0 Å². The van der Waals surface area contributed by atoms with Gasteiger partial charge in [0, 0.05) is 0 Å². The summed E-state index contributed by atoms with van der Waals surface area (Å²) >= 11 is 0. The van der Waals surface area contributed by atoms with Crippen molar-refractivity contribution in [2.24, 2.45) is 5.16 Å². The molecule has 0 bridgehead atoms. The van der Waals surface area contributed by atoms with Gasteiger partial charge in [0.1, 0.15) is 11.0 Å². The first-order chi connectivity index (χ1) is 3.85. The van der Waals surface area contributed by atoms with E-state index in [0.717, 1.165) is 0 Å². The van der Waals surface area contributed by atoms with Gasteiger partial charge in [-0.05, 0) is 0 Å². The van der Waals surface area contributed by atoms with E-state index in [9.17, 15) is 0 Å². The van der Waals surface area contributed by atoms with Crippen molar-refractivity contribution in [3.63, 3.8) is 0 Å². The summed E-state index contributed by atoms with van der Waals surface area (Å²) in [7, 11) is 0. The number of nitrogens with zero attached hydrogens (tertiary/aromatic N) is 4. The van der Waals surface area contributed by atoms with Crippen LogP contribution in [0.5, 0.6) is 0 Å². The Morgan fingerprint density at radius 2 is 2.50 bits per heavy atom. The van der Waals surface area contributed by atoms with Gasteiger partial charge in [-0.1, -0.05) is 5.16 Å². The molecule has 8 heavy (non-hydrogen) atoms. The van der Waals surface area contributed by atoms with Crippen molar-refractivity contribution in [3.05, 3.63) is 4.98 Å². The summed E-state index contributed by atoms with van der Waals surface area (Å²) in [6.07, 6.45) is 0. The smallest absolute Gasteiger partial charge is 0.360 e. The van der Waals surface area contributed by atoms with Crippen LogP contribution in [-0.4, -0.2) is 17.5 Å². The topological polar surface area (TPSA) is 84.5 Å². The van der Waals surface area contributed by atoms with Crippen LogP contribution in [0, 0.1) is 16.7 Å². The molecule has 0 heterocycles. The highest BCUT2D eigenvalue weighted by Crippen LogP contribution is 1.73. The Labute approximate surface area is 45.5 Å². The van der Waals surface area contributed by atoms with Crippen LogP contribution in [0.1, 0.15) is 0 Å². The van der Waals surface area contributed by atoms with E-state index in [-0.39, 0.29) is 12.3 Å². The third kappa shape index (κ3) is 1.73. The zero-order chi connectivity index (χ0) is 6.41. The molecule has 0 rings (SSSR count). The second-order valence-corrected chi connectivity index (χ2v) is 0.958. The SMILES string of the molecule is N#CC(C[N+]#N)=NO. The lowest BCUT2D eigenvalue weighted by molar-refractivity contribution is 0.319. The van der Waals surface area contributed by atoms with E-state index in [4.69, 9.17) is 15.9 Å². The lowest BCUT2D eigenvalue weighted by Crippen LogP contribution is -1.95. The molecule has 1 N–H and O–H groups in total. The van der Waals surface area contributed by atoms with E-state index in [1.54, 1.807) is 0 Å². The van der Waals surface area contributed by atoms with E-state index < -0.39 is 0 Å². The monoisotopic (exact) mass is 111 g/mol. The van der Waals surface area contributed by atoms with E-state index in [1.165, 1.54) is 6.07 Å². The van der Waals surface area contributed by atoms with E-state index >= 15 is 0 Å². The van der Waals surface area contributed by atoms with E-state index in [0.29, 0.717) is 0 Å². The number of hydrogen-bond donors (Lipinski definition) is 1. The quantitative estimate of drug-likeness (QED) is 0.227. The summed E-state index contributed by atoms with van der Waals surface area (Å²) < 4.78 is 0. The Morgan fingerprint density at radius 3 is 2.62 bits per heavy atom. The minimum atomic E-state index is -0.257. The summed E-state index contributed by atoms with van der Waals surface area (Å²) in [5.41, 5.74) is -0.215. The molecule has 0 aromatic carbocycles. The largest absolute Gasteiger partial charge is 0.410 e. The van der Waals surface area contributed by atoms with Gasteiger partial charge in [-0.3, -0.25) is 0 Å². The molecule has 0 amide bonds. The first-order valence-electron chi connectivity index (χ1n) is 1.77. The predicted octanol–water partition coefficient (Wildman–Crippen LogP) is 0.193. The fourth-order valence-electron chi connectivity index (χ4n) is 0.156. The van der Waals surface area contributed by atoms with Crippen LogP contribution in [0.4, 0.5) is 0 Å². The van der Waals surface area contributed by atoms with Gasteiger partial charge in [0.25, 0.3) is 0 Å². The number of rotatable bonds is 1. The van der Waals surface area contributed by atoms with Crippen molar-refractivity contribution in [1.82, 2.24) is 0 Å². The summed E-state index contributed by atoms with van der Waals surface area (Å²) in [5.74, 6) is 0. The van der Waals surface area contributed by atoms with E-state index in [2.05, 4.69) is 10.1 Å². The minimum absolute atomic E-state index is 0.215. The molecule has 0 aliphatic heterocycles. The molecule has 0 saturated heterocycles. The van der Waals surface area contributed by atoms with E-state index in [1.807, 2.05) is 0 Å². The van der Waals surface area contributed by atoms with Gasteiger partial charge in [-0.15, -0.1) is 0 Å². The second kappa shape index (κ2) is 3.57. The van der Waals surface area contributed by atoms with Crippen molar-refractivity contribution >= 4 is 5.71 Å². The van der Waals surface area contributed by atoms with Gasteiger partial charge in [-0.25, -0.2) is 0 Å². The Bertz CT molecular complexity index is 171. The third-order valence-corrected chi connectivity index (χ3v) is 0.470. The second-order valence-electron chi connectivity index (χ2n) is 0.958. The van der Waals surface area contributed by atoms with Crippen molar-refractivity contribution < 1.29 is 5.21 Å². The molecule has 0 radical (unpaired) electrons. The van der Waals surface area contributed by atoms with Gasteiger partial charge in [0.15, 0.2) is 0 Å². The minimum Gasteiger partial charge on any atom is -0.410 e. The van der Waals surface area contributed by atoms with Gasteiger partial charge in [0.2, 0.25) is 11.1 Å². The summed E-state index contributed by atoms with van der Waals surface area (Å²) in [4.78, 5) is 2.56. The Kier molecular flexibility index (Phi) is 2.84. The normalized spacial score (nSPS) is 9.50. The first-order valence-corrected chi connectivity index (χ1v) is 1.77. The zero-order valence-corrected chi connectivity index (χ0v) is 3.94. The summed E-state index contributed by atoms with van der Waals surface area (Å²) in [6.45, 7) is -0.257. The van der Waals surface area contributed by atoms with Crippen molar-refractivity contribution in [3.8, 4) is 6.07 Å². The standard InChI is InChI=1S/C3H2N4O/c4-1-3(7-8)2-6-5/h2H2/p+1. The summed E-state index contributed by atoms with van der Waals surface area (Å²) in [5, 5.41) is 26.1. The molecule has 0 aromatic rings. The average Bonchev–Trinajstić information content (AvgIpc) is 1.83. The fourth-order valence-corrected chi connectivity index (χ4v) is 0.156. The Morgan fingerprint density at radius 1 is 1.88 bits per heavy atom. The Hall–Kier alpha value is -1.62. The van der Waals surface area contributed by atoms with Crippen molar-refractivity contribution in [2.75, 3.05) is 6.54 Å². The zero-order valence-electron chi connectivity index (χ0n) is 3.94. The van der Waals surface area contributed by atoms with Crippen molar-refractivity contribution in [2.45, 2.75) is 0 Å². The third-order valence-electron chi connectivity index (χ3n) is 0.470.